The number of carboxylic acids is 1. The van der Waals surface area contributed by atoms with Crippen molar-refractivity contribution in [2.45, 2.75) is 26.3 Å². The minimum atomic E-state index is -0.917. The van der Waals surface area contributed by atoms with Gasteiger partial charge >= 0.3 is 5.97 Å². The van der Waals surface area contributed by atoms with Crippen LogP contribution in [0.4, 0.5) is 0 Å². The summed E-state index contributed by atoms with van der Waals surface area (Å²) in [6.45, 7) is 4.64. The number of hydrogen-bond acceptors (Lipinski definition) is 4. The second-order valence-corrected chi connectivity index (χ2v) is 4.31. The van der Waals surface area contributed by atoms with Crippen molar-refractivity contribution in [2.75, 3.05) is 20.3 Å². The molecule has 1 aromatic rings. The van der Waals surface area contributed by atoms with Crippen molar-refractivity contribution in [3.63, 3.8) is 0 Å². The number of methoxy groups -OCH3 is 1. The lowest BCUT2D eigenvalue weighted by atomic mass is 10.2. The van der Waals surface area contributed by atoms with Crippen molar-refractivity contribution in [1.82, 2.24) is 5.32 Å². The average molecular weight is 267 g/mol. The summed E-state index contributed by atoms with van der Waals surface area (Å²) in [5.74, 6) is 0.247. The zero-order valence-electron chi connectivity index (χ0n) is 11.6. The molecule has 1 atom stereocenters. The molecule has 0 aliphatic heterocycles. The number of carbonyl (C=O) groups is 1. The molecule has 0 amide bonds. The molecule has 1 unspecified atom stereocenters. The molecule has 0 aromatic heterocycles. The van der Waals surface area contributed by atoms with Crippen LogP contribution in [-0.2, 0) is 4.79 Å². The summed E-state index contributed by atoms with van der Waals surface area (Å²) in [4.78, 5) is 11.1. The molecule has 106 valence electrons. The summed E-state index contributed by atoms with van der Waals surface area (Å²) in [7, 11) is 1.56. The van der Waals surface area contributed by atoms with Crippen LogP contribution in [0.25, 0.3) is 0 Å². The fourth-order valence-electron chi connectivity index (χ4n) is 1.60. The molecule has 1 rings (SSSR count). The van der Waals surface area contributed by atoms with Gasteiger partial charge in [-0.1, -0.05) is 13.0 Å². The molecule has 0 saturated carbocycles. The van der Waals surface area contributed by atoms with Gasteiger partial charge in [-0.15, -0.1) is 0 Å². The zero-order chi connectivity index (χ0) is 14.3. The number of hydrogen-bond donors (Lipinski definition) is 2. The molecule has 2 N–H and O–H groups in total. The quantitative estimate of drug-likeness (QED) is 0.752. The normalized spacial score (nSPS) is 11.9. The van der Waals surface area contributed by atoms with Crippen LogP contribution in [0.3, 0.4) is 0 Å². The van der Waals surface area contributed by atoms with Gasteiger partial charge in [0.2, 0.25) is 0 Å². The summed E-state index contributed by atoms with van der Waals surface area (Å²) in [5.41, 5.74) is 1.06. The topological polar surface area (TPSA) is 67.8 Å². The first-order valence-electron chi connectivity index (χ1n) is 6.32. The highest BCUT2D eigenvalue weighted by molar-refractivity contribution is 5.73. The average Bonchev–Trinajstić information content (AvgIpc) is 2.39. The van der Waals surface area contributed by atoms with Crippen LogP contribution in [0.15, 0.2) is 18.2 Å². The van der Waals surface area contributed by atoms with Crippen molar-refractivity contribution in [3.8, 4) is 11.5 Å². The molecule has 0 radical (unpaired) electrons. The van der Waals surface area contributed by atoms with Gasteiger partial charge in [0.25, 0.3) is 0 Å². The van der Waals surface area contributed by atoms with Gasteiger partial charge < -0.3 is 19.9 Å². The van der Waals surface area contributed by atoms with Crippen LogP contribution >= 0.6 is 0 Å². The second-order valence-electron chi connectivity index (χ2n) is 4.31. The Kier molecular flexibility index (Phi) is 6.15. The molecule has 19 heavy (non-hydrogen) atoms. The summed E-state index contributed by atoms with van der Waals surface area (Å²) >= 11 is 0. The number of aliphatic carboxylic acids is 1. The van der Waals surface area contributed by atoms with E-state index in [2.05, 4.69) is 5.32 Å². The highest BCUT2D eigenvalue weighted by Gasteiger charge is 2.18. The first-order valence-corrected chi connectivity index (χ1v) is 6.32. The number of aryl methyl sites for hydroxylation is 1. The maximum absolute atomic E-state index is 11.1. The zero-order valence-corrected chi connectivity index (χ0v) is 11.6. The van der Waals surface area contributed by atoms with E-state index < -0.39 is 12.0 Å². The predicted octanol–water partition coefficient (Wildman–Crippen LogP) is 1.84. The van der Waals surface area contributed by atoms with Gasteiger partial charge in [-0.25, -0.2) is 0 Å². The van der Waals surface area contributed by atoms with E-state index in [0.29, 0.717) is 18.0 Å². The molecular formula is C14H21NO4. The monoisotopic (exact) mass is 267 g/mol. The lowest BCUT2D eigenvalue weighted by Crippen LogP contribution is -2.41. The van der Waals surface area contributed by atoms with Gasteiger partial charge in [0.1, 0.15) is 12.6 Å². The molecule has 0 bridgehead atoms. The Bertz CT molecular complexity index is 420. The summed E-state index contributed by atoms with van der Waals surface area (Å²) in [6.07, 6.45) is 0.873. The van der Waals surface area contributed by atoms with E-state index in [9.17, 15) is 4.79 Å². The highest BCUT2D eigenvalue weighted by Crippen LogP contribution is 2.27. The van der Waals surface area contributed by atoms with Crippen LogP contribution in [0.2, 0.25) is 0 Å². The van der Waals surface area contributed by atoms with Gasteiger partial charge in [0.15, 0.2) is 11.5 Å². The van der Waals surface area contributed by atoms with Crippen molar-refractivity contribution in [2.24, 2.45) is 0 Å². The minimum Gasteiger partial charge on any atom is -0.493 e. The van der Waals surface area contributed by atoms with Crippen molar-refractivity contribution in [3.05, 3.63) is 23.8 Å². The van der Waals surface area contributed by atoms with E-state index >= 15 is 0 Å². The van der Waals surface area contributed by atoms with Gasteiger partial charge in [-0.2, -0.15) is 0 Å². The Labute approximate surface area is 113 Å². The van der Waals surface area contributed by atoms with Gasteiger partial charge in [0.05, 0.1) is 7.11 Å². The molecule has 5 nitrogen and oxygen atoms in total. The van der Waals surface area contributed by atoms with Gasteiger partial charge in [-0.05, 0) is 37.6 Å². The molecular weight excluding hydrogens is 246 g/mol. The number of carboxylic acid groups (broad SMARTS) is 1. The molecule has 0 aliphatic rings. The Morgan fingerprint density at radius 3 is 2.74 bits per heavy atom. The van der Waals surface area contributed by atoms with Crippen molar-refractivity contribution in [1.29, 1.82) is 0 Å². The third kappa shape index (κ3) is 4.79. The molecule has 5 heteroatoms. The second kappa shape index (κ2) is 7.63. The lowest BCUT2D eigenvalue weighted by Gasteiger charge is -2.16. The number of ether oxygens (including phenoxy) is 2. The van der Waals surface area contributed by atoms with Gasteiger partial charge in [-0.3, -0.25) is 4.79 Å². The number of nitrogens with one attached hydrogen (secondary N) is 1. The summed E-state index contributed by atoms with van der Waals surface area (Å²) in [6, 6.07) is 4.82. The largest absolute Gasteiger partial charge is 0.493 e. The van der Waals surface area contributed by atoms with E-state index in [4.69, 9.17) is 14.6 Å². The third-order valence-electron chi connectivity index (χ3n) is 2.66. The Hall–Kier alpha value is -1.75. The van der Waals surface area contributed by atoms with E-state index in [1.54, 1.807) is 13.2 Å². The van der Waals surface area contributed by atoms with E-state index in [-0.39, 0.29) is 6.61 Å². The van der Waals surface area contributed by atoms with Crippen LogP contribution in [0.1, 0.15) is 18.9 Å². The maximum Gasteiger partial charge on any atom is 0.324 e. The van der Waals surface area contributed by atoms with Gasteiger partial charge in [0, 0.05) is 0 Å². The third-order valence-corrected chi connectivity index (χ3v) is 2.66. The molecule has 0 saturated heterocycles. The minimum absolute atomic E-state index is 0.0642. The fourth-order valence-corrected chi connectivity index (χ4v) is 1.60. The Morgan fingerprint density at radius 2 is 2.16 bits per heavy atom. The van der Waals surface area contributed by atoms with Crippen LogP contribution in [-0.4, -0.2) is 37.4 Å². The summed E-state index contributed by atoms with van der Waals surface area (Å²) in [5, 5.41) is 12.0. The van der Waals surface area contributed by atoms with E-state index in [1.807, 2.05) is 26.0 Å². The van der Waals surface area contributed by atoms with E-state index in [0.717, 1.165) is 12.0 Å². The summed E-state index contributed by atoms with van der Waals surface area (Å²) < 4.78 is 10.7. The number of benzene rings is 1. The van der Waals surface area contributed by atoms with E-state index in [1.165, 1.54) is 0 Å². The maximum atomic E-state index is 11.1. The Balaban J connectivity index is 2.65. The van der Waals surface area contributed by atoms with Crippen molar-refractivity contribution < 1.29 is 19.4 Å². The Morgan fingerprint density at radius 1 is 1.42 bits per heavy atom. The molecule has 0 fully saturated rings. The first kappa shape index (κ1) is 15.3. The SMILES string of the molecule is CCCNC(COc1ccc(C)cc1OC)C(=O)O. The number of rotatable bonds is 8. The standard InChI is InChI=1S/C14H21NO4/c1-4-7-15-11(14(16)17)9-19-12-6-5-10(2)8-13(12)18-3/h5-6,8,11,15H,4,7,9H2,1-3H3,(H,16,17). The van der Waals surface area contributed by atoms with Crippen LogP contribution < -0.4 is 14.8 Å². The molecule has 0 heterocycles. The highest BCUT2D eigenvalue weighted by atomic mass is 16.5. The molecule has 0 spiro atoms. The van der Waals surface area contributed by atoms with Crippen molar-refractivity contribution >= 4 is 5.97 Å². The first-order chi connectivity index (χ1) is 9.08. The fraction of sp³-hybridized carbons (Fsp3) is 0.500. The predicted molar refractivity (Wildman–Crippen MR) is 72.9 cm³/mol. The van der Waals surface area contributed by atoms with Crippen LogP contribution in [0.5, 0.6) is 11.5 Å². The molecule has 1 aromatic carbocycles. The lowest BCUT2D eigenvalue weighted by molar-refractivity contribution is -0.140. The van der Waals surface area contributed by atoms with Crippen LogP contribution in [0, 0.1) is 6.92 Å². The molecule has 0 aliphatic carbocycles. The smallest absolute Gasteiger partial charge is 0.324 e.